The summed E-state index contributed by atoms with van der Waals surface area (Å²) in [6.07, 6.45) is 1.66. The van der Waals surface area contributed by atoms with Gasteiger partial charge in [0.1, 0.15) is 5.03 Å². The van der Waals surface area contributed by atoms with Gasteiger partial charge < -0.3 is 0 Å². The quantitative estimate of drug-likeness (QED) is 0.482. The monoisotopic (exact) mass is 239 g/mol. The fourth-order valence-electron chi connectivity index (χ4n) is 0.937. The van der Waals surface area contributed by atoms with E-state index in [2.05, 4.69) is 20.4 Å². The minimum Gasteiger partial charge on any atom is -0.292 e. The summed E-state index contributed by atoms with van der Waals surface area (Å²) in [4.78, 5) is 12.4. The Morgan fingerprint density at radius 2 is 2.33 bits per heavy atom. The lowest BCUT2D eigenvalue weighted by atomic mass is 10.6. The lowest BCUT2D eigenvalue weighted by molar-refractivity contribution is 1.02. The van der Waals surface area contributed by atoms with Crippen LogP contribution in [0.25, 0.3) is 0 Å². The number of nitrogen functional groups attached to an aromatic ring is 1. The van der Waals surface area contributed by atoms with Crippen LogP contribution in [0.3, 0.4) is 0 Å². The van der Waals surface area contributed by atoms with E-state index >= 15 is 0 Å². The second-order valence-corrected chi connectivity index (χ2v) is 4.85. The van der Waals surface area contributed by atoms with Crippen molar-refractivity contribution < 1.29 is 0 Å². The zero-order valence-corrected chi connectivity index (χ0v) is 9.60. The molecule has 0 bridgehead atoms. The number of nitrogens with two attached hydrogens (primary N) is 1. The molecule has 0 atom stereocenters. The van der Waals surface area contributed by atoms with Gasteiger partial charge in [0.15, 0.2) is 4.34 Å². The van der Waals surface area contributed by atoms with Crippen molar-refractivity contribution in [1.82, 2.24) is 15.0 Å². The Morgan fingerprint density at radius 1 is 1.47 bits per heavy atom. The predicted molar refractivity (Wildman–Crippen MR) is 60.8 cm³/mol. The second-order valence-electron chi connectivity index (χ2n) is 2.72. The van der Waals surface area contributed by atoms with Crippen LogP contribution in [0.1, 0.15) is 5.69 Å². The first kappa shape index (κ1) is 10.3. The highest BCUT2D eigenvalue weighted by molar-refractivity contribution is 8.01. The van der Waals surface area contributed by atoms with Crippen LogP contribution < -0.4 is 11.3 Å². The van der Waals surface area contributed by atoms with Gasteiger partial charge in [0, 0.05) is 17.3 Å². The molecule has 0 aromatic carbocycles. The van der Waals surface area contributed by atoms with Crippen molar-refractivity contribution in [3.63, 3.8) is 0 Å². The van der Waals surface area contributed by atoms with Gasteiger partial charge in [0.25, 0.3) is 0 Å². The zero-order valence-electron chi connectivity index (χ0n) is 7.97. The van der Waals surface area contributed by atoms with Gasteiger partial charge in [-0.25, -0.2) is 20.8 Å². The molecule has 2 aromatic rings. The smallest absolute Gasteiger partial charge is 0.238 e. The van der Waals surface area contributed by atoms with Gasteiger partial charge in [-0.05, 0) is 24.8 Å². The summed E-state index contributed by atoms with van der Waals surface area (Å²) in [7, 11) is 0. The SMILES string of the molecule is Cc1csc(Sc2ccnc(NN)n2)n1. The van der Waals surface area contributed by atoms with E-state index < -0.39 is 0 Å². The molecule has 7 heteroatoms. The topological polar surface area (TPSA) is 76.7 Å². The fourth-order valence-corrected chi connectivity index (χ4v) is 2.68. The second kappa shape index (κ2) is 4.56. The van der Waals surface area contributed by atoms with E-state index in [1.165, 1.54) is 11.8 Å². The predicted octanol–water partition coefficient (Wildman–Crippen LogP) is 1.68. The van der Waals surface area contributed by atoms with Crippen molar-refractivity contribution in [3.05, 3.63) is 23.3 Å². The van der Waals surface area contributed by atoms with Crippen LogP contribution in [0.4, 0.5) is 5.95 Å². The number of hydrogen-bond donors (Lipinski definition) is 2. The van der Waals surface area contributed by atoms with Crippen molar-refractivity contribution in [2.45, 2.75) is 16.3 Å². The Kier molecular flexibility index (Phi) is 3.14. The van der Waals surface area contributed by atoms with Crippen LogP contribution in [-0.2, 0) is 0 Å². The van der Waals surface area contributed by atoms with Crippen molar-refractivity contribution in [3.8, 4) is 0 Å². The normalized spacial score (nSPS) is 10.3. The number of thiazole rings is 1. The van der Waals surface area contributed by atoms with E-state index in [0.717, 1.165) is 15.1 Å². The summed E-state index contributed by atoms with van der Waals surface area (Å²) < 4.78 is 0.967. The molecular formula is C8H9N5S2. The van der Waals surface area contributed by atoms with E-state index in [1.807, 2.05) is 18.4 Å². The molecule has 0 amide bonds. The van der Waals surface area contributed by atoms with E-state index in [9.17, 15) is 0 Å². The summed E-state index contributed by atoms with van der Waals surface area (Å²) >= 11 is 3.10. The number of anilines is 1. The zero-order chi connectivity index (χ0) is 10.7. The summed E-state index contributed by atoms with van der Waals surface area (Å²) in [5.41, 5.74) is 3.43. The molecule has 0 aliphatic rings. The minimum atomic E-state index is 0.410. The molecule has 15 heavy (non-hydrogen) atoms. The summed E-state index contributed by atoms with van der Waals surface area (Å²) in [5.74, 6) is 5.63. The number of aryl methyl sites for hydroxylation is 1. The molecule has 0 aliphatic heterocycles. The van der Waals surface area contributed by atoms with Gasteiger partial charge in [-0.3, -0.25) is 5.43 Å². The Balaban J connectivity index is 2.16. The Bertz CT molecular complexity index is 456. The van der Waals surface area contributed by atoms with Crippen molar-refractivity contribution >= 4 is 29.0 Å². The molecule has 0 fully saturated rings. The maximum Gasteiger partial charge on any atom is 0.238 e. The third kappa shape index (κ3) is 2.65. The third-order valence-electron chi connectivity index (χ3n) is 1.55. The molecule has 0 radical (unpaired) electrons. The first-order valence-electron chi connectivity index (χ1n) is 4.17. The molecule has 0 saturated heterocycles. The van der Waals surface area contributed by atoms with Gasteiger partial charge in [-0.2, -0.15) is 0 Å². The highest BCUT2D eigenvalue weighted by Crippen LogP contribution is 2.28. The highest BCUT2D eigenvalue weighted by Gasteiger charge is 2.03. The number of hydrogen-bond acceptors (Lipinski definition) is 7. The van der Waals surface area contributed by atoms with Crippen molar-refractivity contribution in [1.29, 1.82) is 0 Å². The van der Waals surface area contributed by atoms with Crippen molar-refractivity contribution in [2.75, 3.05) is 5.43 Å². The Labute approximate surface area is 95.1 Å². The number of aromatic nitrogens is 3. The summed E-state index contributed by atoms with van der Waals surface area (Å²) in [6, 6.07) is 1.82. The minimum absolute atomic E-state index is 0.410. The molecular weight excluding hydrogens is 230 g/mol. The van der Waals surface area contributed by atoms with E-state index in [4.69, 9.17) is 5.84 Å². The summed E-state index contributed by atoms with van der Waals surface area (Å²) in [6.45, 7) is 1.97. The van der Waals surface area contributed by atoms with Gasteiger partial charge in [0.2, 0.25) is 5.95 Å². The third-order valence-corrected chi connectivity index (χ3v) is 3.54. The largest absolute Gasteiger partial charge is 0.292 e. The molecule has 2 heterocycles. The standard InChI is InChI=1S/C8H9N5S2/c1-5-4-14-8(11-5)15-6-2-3-10-7(12-6)13-9/h2-4H,9H2,1H3,(H,10,12,13). The van der Waals surface area contributed by atoms with Crippen LogP contribution in [0.2, 0.25) is 0 Å². The molecule has 5 nitrogen and oxygen atoms in total. The lowest BCUT2D eigenvalue weighted by Gasteiger charge is -1.99. The van der Waals surface area contributed by atoms with Crippen LogP contribution in [0.15, 0.2) is 27.0 Å². The maximum atomic E-state index is 5.22. The Morgan fingerprint density at radius 3 is 3.00 bits per heavy atom. The fraction of sp³-hybridized carbons (Fsp3) is 0.125. The first-order valence-corrected chi connectivity index (χ1v) is 5.87. The number of nitrogens with zero attached hydrogens (tertiary/aromatic N) is 3. The molecule has 0 unspecified atom stereocenters. The van der Waals surface area contributed by atoms with Crippen LogP contribution >= 0.6 is 23.1 Å². The molecule has 3 N–H and O–H groups in total. The van der Waals surface area contributed by atoms with Crippen LogP contribution in [0, 0.1) is 6.92 Å². The first-order chi connectivity index (χ1) is 7.28. The average molecular weight is 239 g/mol. The van der Waals surface area contributed by atoms with Crippen LogP contribution in [-0.4, -0.2) is 15.0 Å². The van der Waals surface area contributed by atoms with Crippen LogP contribution in [0.5, 0.6) is 0 Å². The van der Waals surface area contributed by atoms with E-state index in [-0.39, 0.29) is 0 Å². The Hall–Kier alpha value is -1.18. The molecule has 0 aliphatic carbocycles. The van der Waals surface area contributed by atoms with Gasteiger partial charge in [0.05, 0.1) is 0 Å². The highest BCUT2D eigenvalue weighted by atomic mass is 32.2. The van der Waals surface area contributed by atoms with E-state index in [0.29, 0.717) is 5.95 Å². The molecule has 2 aromatic heterocycles. The van der Waals surface area contributed by atoms with Gasteiger partial charge in [-0.1, -0.05) is 0 Å². The summed E-state index contributed by atoms with van der Waals surface area (Å²) in [5, 5.41) is 2.83. The maximum absolute atomic E-state index is 5.22. The molecule has 0 saturated carbocycles. The lowest BCUT2D eigenvalue weighted by Crippen LogP contribution is -2.10. The number of rotatable bonds is 3. The molecule has 0 spiro atoms. The molecule has 78 valence electrons. The van der Waals surface area contributed by atoms with E-state index in [1.54, 1.807) is 17.5 Å². The molecule has 2 rings (SSSR count). The average Bonchev–Trinajstić information content (AvgIpc) is 2.64. The number of nitrogens with one attached hydrogen (secondary N) is 1. The van der Waals surface area contributed by atoms with Gasteiger partial charge >= 0.3 is 0 Å². The van der Waals surface area contributed by atoms with Gasteiger partial charge in [-0.15, -0.1) is 11.3 Å². The van der Waals surface area contributed by atoms with Crippen molar-refractivity contribution in [2.24, 2.45) is 5.84 Å². The number of hydrazine groups is 1.